The number of halogens is 1. The number of nitrogens with zero attached hydrogens (tertiary/aromatic N) is 1. The maximum Gasteiger partial charge on any atom is 0.307 e. The Labute approximate surface area is 102 Å². The molecule has 0 spiro atoms. The predicted molar refractivity (Wildman–Crippen MR) is 63.4 cm³/mol. The second-order valence-corrected chi connectivity index (χ2v) is 4.57. The monoisotopic (exact) mass is 249 g/mol. The molecule has 0 aromatic heterocycles. The van der Waals surface area contributed by atoms with Gasteiger partial charge in [0.15, 0.2) is 0 Å². The second-order valence-electron chi connectivity index (χ2n) is 4.30. The average molecular weight is 250 g/mol. The van der Waals surface area contributed by atoms with E-state index in [0.717, 1.165) is 0 Å². The summed E-state index contributed by atoms with van der Waals surface area (Å²) in [6, 6.07) is 0. The first-order chi connectivity index (χ1) is 7.35. The first-order valence-electron chi connectivity index (χ1n) is 5.32. The van der Waals surface area contributed by atoms with Crippen LogP contribution < -0.4 is 0 Å². The number of alkyl halides is 1. The van der Waals surface area contributed by atoms with Gasteiger partial charge >= 0.3 is 5.97 Å². The smallest absolute Gasteiger partial charge is 0.307 e. The summed E-state index contributed by atoms with van der Waals surface area (Å²) < 4.78 is 4.78. The largest absolute Gasteiger partial charge is 0.466 e. The normalized spacial score (nSPS) is 11.1. The molecule has 0 fully saturated rings. The highest BCUT2D eigenvalue weighted by Gasteiger charge is 2.29. The van der Waals surface area contributed by atoms with Crippen molar-refractivity contribution in [2.45, 2.75) is 27.2 Å². The fourth-order valence-electron chi connectivity index (χ4n) is 1.17. The molecule has 0 saturated heterocycles. The van der Waals surface area contributed by atoms with Gasteiger partial charge in [0, 0.05) is 19.5 Å². The molecule has 0 radical (unpaired) electrons. The molecule has 0 aliphatic heterocycles. The summed E-state index contributed by atoms with van der Waals surface area (Å²) in [5.74, 6) is -0.0899. The zero-order chi connectivity index (χ0) is 12.8. The van der Waals surface area contributed by atoms with E-state index in [1.54, 1.807) is 27.8 Å². The lowest BCUT2D eigenvalue weighted by Crippen LogP contribution is -2.40. The molecule has 0 atom stereocenters. The van der Waals surface area contributed by atoms with Gasteiger partial charge in [0.05, 0.1) is 18.4 Å². The number of carbonyl (C=O) groups is 2. The first-order valence-corrected chi connectivity index (χ1v) is 5.85. The average Bonchev–Trinajstić information content (AvgIpc) is 2.25. The lowest BCUT2D eigenvalue weighted by molar-refractivity contribution is -0.144. The van der Waals surface area contributed by atoms with E-state index in [9.17, 15) is 9.59 Å². The number of esters is 1. The van der Waals surface area contributed by atoms with Crippen molar-refractivity contribution in [3.8, 4) is 0 Å². The highest BCUT2D eigenvalue weighted by atomic mass is 35.5. The van der Waals surface area contributed by atoms with E-state index in [0.29, 0.717) is 13.2 Å². The van der Waals surface area contributed by atoms with Crippen LogP contribution in [0, 0.1) is 5.41 Å². The Morgan fingerprint density at radius 1 is 1.38 bits per heavy atom. The third-order valence-electron chi connectivity index (χ3n) is 2.22. The van der Waals surface area contributed by atoms with Crippen molar-refractivity contribution < 1.29 is 14.3 Å². The second kappa shape index (κ2) is 6.74. The van der Waals surface area contributed by atoms with E-state index in [1.165, 1.54) is 4.90 Å². The van der Waals surface area contributed by atoms with Gasteiger partial charge in [-0.15, -0.1) is 11.6 Å². The summed E-state index contributed by atoms with van der Waals surface area (Å²) in [6.07, 6.45) is 0.217. The molecule has 0 N–H and O–H groups in total. The van der Waals surface area contributed by atoms with Gasteiger partial charge in [-0.1, -0.05) is 0 Å². The minimum absolute atomic E-state index is 0.0631. The number of hydrogen-bond acceptors (Lipinski definition) is 3. The molecule has 4 nitrogen and oxygen atoms in total. The molecule has 1 amide bonds. The molecule has 0 aliphatic rings. The maximum atomic E-state index is 11.9. The Hall–Kier alpha value is -0.770. The van der Waals surface area contributed by atoms with Crippen molar-refractivity contribution in [2.24, 2.45) is 5.41 Å². The Bertz CT molecular complexity index is 254. The molecule has 0 rings (SSSR count). The lowest BCUT2D eigenvalue weighted by Gasteiger charge is -2.27. The van der Waals surface area contributed by atoms with Crippen LogP contribution in [-0.2, 0) is 14.3 Å². The molecular formula is C11H20ClNO3. The Morgan fingerprint density at radius 3 is 2.38 bits per heavy atom. The summed E-state index contributed by atoms with van der Waals surface area (Å²) in [7, 11) is 1.66. The fourth-order valence-corrected chi connectivity index (χ4v) is 1.28. The third-order valence-corrected chi connectivity index (χ3v) is 2.88. The number of carbonyl (C=O) groups excluding carboxylic acids is 2. The van der Waals surface area contributed by atoms with Crippen LogP contribution in [0.25, 0.3) is 0 Å². The van der Waals surface area contributed by atoms with E-state index < -0.39 is 5.41 Å². The van der Waals surface area contributed by atoms with E-state index in [2.05, 4.69) is 0 Å². The summed E-state index contributed by atoms with van der Waals surface area (Å²) >= 11 is 5.71. The molecule has 0 aromatic rings. The van der Waals surface area contributed by atoms with Gasteiger partial charge in [-0.05, 0) is 20.8 Å². The van der Waals surface area contributed by atoms with Gasteiger partial charge in [0.2, 0.25) is 5.91 Å². The van der Waals surface area contributed by atoms with Gasteiger partial charge in [-0.2, -0.15) is 0 Å². The van der Waals surface area contributed by atoms with Crippen molar-refractivity contribution >= 4 is 23.5 Å². The van der Waals surface area contributed by atoms with E-state index in [-0.39, 0.29) is 24.2 Å². The van der Waals surface area contributed by atoms with E-state index >= 15 is 0 Å². The van der Waals surface area contributed by atoms with Crippen LogP contribution in [0.3, 0.4) is 0 Å². The van der Waals surface area contributed by atoms with Crippen LogP contribution in [0.5, 0.6) is 0 Å². The summed E-state index contributed by atoms with van der Waals surface area (Å²) in [6.45, 7) is 6.04. The topological polar surface area (TPSA) is 46.6 Å². The molecule has 0 bridgehead atoms. The summed E-state index contributed by atoms with van der Waals surface area (Å²) in [5.41, 5.74) is -0.592. The quantitative estimate of drug-likeness (QED) is 0.531. The van der Waals surface area contributed by atoms with Gasteiger partial charge in [0.1, 0.15) is 0 Å². The van der Waals surface area contributed by atoms with Crippen molar-refractivity contribution in [3.63, 3.8) is 0 Å². The Morgan fingerprint density at radius 2 is 1.94 bits per heavy atom. The molecule has 94 valence electrons. The summed E-state index contributed by atoms with van der Waals surface area (Å²) in [4.78, 5) is 24.5. The van der Waals surface area contributed by atoms with Crippen LogP contribution in [0.1, 0.15) is 27.2 Å². The zero-order valence-corrected chi connectivity index (χ0v) is 11.1. The van der Waals surface area contributed by atoms with Crippen LogP contribution in [0.2, 0.25) is 0 Å². The minimum Gasteiger partial charge on any atom is -0.466 e. The van der Waals surface area contributed by atoms with Crippen LogP contribution in [0.15, 0.2) is 0 Å². The van der Waals surface area contributed by atoms with Crippen LogP contribution in [-0.4, -0.2) is 42.9 Å². The van der Waals surface area contributed by atoms with Crippen molar-refractivity contribution in [1.29, 1.82) is 0 Å². The molecule has 0 saturated carbocycles. The number of rotatable bonds is 6. The minimum atomic E-state index is -0.592. The summed E-state index contributed by atoms with van der Waals surface area (Å²) in [5, 5.41) is 0. The Balaban J connectivity index is 4.12. The third kappa shape index (κ3) is 4.84. The predicted octanol–water partition coefficient (Wildman–Crippen LogP) is 1.66. The van der Waals surface area contributed by atoms with Gasteiger partial charge in [-0.25, -0.2) is 0 Å². The molecule has 0 aromatic carbocycles. The van der Waals surface area contributed by atoms with Crippen molar-refractivity contribution in [3.05, 3.63) is 0 Å². The van der Waals surface area contributed by atoms with Crippen molar-refractivity contribution in [1.82, 2.24) is 4.90 Å². The molecule has 5 heteroatoms. The van der Waals surface area contributed by atoms with E-state index in [4.69, 9.17) is 16.3 Å². The Kier molecular flexibility index (Phi) is 6.41. The van der Waals surface area contributed by atoms with Gasteiger partial charge in [-0.3, -0.25) is 9.59 Å². The number of amides is 1. The lowest BCUT2D eigenvalue weighted by atomic mass is 9.94. The van der Waals surface area contributed by atoms with E-state index in [1.807, 2.05) is 0 Å². The highest BCUT2D eigenvalue weighted by Crippen LogP contribution is 2.19. The highest BCUT2D eigenvalue weighted by molar-refractivity contribution is 6.19. The molecule has 0 aliphatic carbocycles. The fraction of sp³-hybridized carbons (Fsp3) is 0.818. The SMILES string of the molecule is CCOC(=O)CCN(C)C(=O)C(C)(C)CCl. The van der Waals surface area contributed by atoms with Crippen LogP contribution in [0.4, 0.5) is 0 Å². The van der Waals surface area contributed by atoms with Crippen LogP contribution >= 0.6 is 11.6 Å². The van der Waals surface area contributed by atoms with Gasteiger partial charge < -0.3 is 9.64 Å². The van der Waals surface area contributed by atoms with Gasteiger partial charge in [0.25, 0.3) is 0 Å². The molecule has 16 heavy (non-hydrogen) atoms. The number of ether oxygens (including phenoxy) is 1. The molecule has 0 unspecified atom stereocenters. The number of hydrogen-bond donors (Lipinski definition) is 0. The van der Waals surface area contributed by atoms with Crippen molar-refractivity contribution in [2.75, 3.05) is 26.1 Å². The standard InChI is InChI=1S/C11H20ClNO3/c1-5-16-9(14)6-7-13(4)10(15)11(2,3)8-12/h5-8H2,1-4H3. The molecule has 0 heterocycles. The zero-order valence-electron chi connectivity index (χ0n) is 10.4. The first kappa shape index (κ1) is 15.2. The molecular weight excluding hydrogens is 230 g/mol. The maximum absolute atomic E-state index is 11.9.